The van der Waals surface area contributed by atoms with E-state index in [1.807, 2.05) is 72.8 Å². The van der Waals surface area contributed by atoms with Crippen molar-refractivity contribution in [1.29, 1.82) is 0 Å². The Hall–Kier alpha value is -3.98. The zero-order valence-electron chi connectivity index (χ0n) is 23.3. The highest BCUT2D eigenvalue weighted by Gasteiger charge is 2.29. The summed E-state index contributed by atoms with van der Waals surface area (Å²) in [6.07, 6.45) is 2.27. The highest BCUT2D eigenvalue weighted by Crippen LogP contribution is 2.32. The van der Waals surface area contributed by atoms with Crippen molar-refractivity contribution in [3.8, 4) is 11.5 Å². The standard InChI is InChI=1S/C31H34N4O4S/c1-20(17-22-9-5-8-12-27(22)38-3)34(2)30(36)26-19-40-29(33-26)21-13-15-35(16-14-21)31(37)25-18-28(39-4)23-10-6-7-11-24(23)32-25/h5-12,18-21H,13-17H2,1-4H3. The van der Waals surface area contributed by atoms with E-state index in [0.717, 1.165) is 40.1 Å². The molecule has 0 spiro atoms. The van der Waals surface area contributed by atoms with Gasteiger partial charge in [-0.1, -0.05) is 30.3 Å². The third-order valence-corrected chi connectivity index (χ3v) is 8.69. The first-order valence-electron chi connectivity index (χ1n) is 13.5. The van der Waals surface area contributed by atoms with Gasteiger partial charge in [-0.05, 0) is 49.9 Å². The minimum absolute atomic E-state index is 0.0226. The number of hydrogen-bond acceptors (Lipinski definition) is 7. The van der Waals surface area contributed by atoms with Crippen LogP contribution in [0.3, 0.4) is 0 Å². The number of piperidine rings is 1. The maximum absolute atomic E-state index is 13.3. The average molecular weight is 559 g/mol. The monoisotopic (exact) mass is 558 g/mol. The van der Waals surface area contributed by atoms with E-state index in [9.17, 15) is 9.59 Å². The van der Waals surface area contributed by atoms with Gasteiger partial charge in [0.2, 0.25) is 0 Å². The molecule has 1 fully saturated rings. The quantitative estimate of drug-likeness (QED) is 0.287. The van der Waals surface area contributed by atoms with Crippen LogP contribution in [0, 0.1) is 0 Å². The van der Waals surface area contributed by atoms with E-state index in [-0.39, 0.29) is 23.8 Å². The number of fused-ring (bicyclic) bond motifs is 1. The SMILES string of the molecule is COc1ccccc1CC(C)N(C)C(=O)c1csc(C2CCN(C(=O)c3cc(OC)c4ccccc4n3)CC2)n1. The first-order valence-corrected chi connectivity index (χ1v) is 14.3. The fraction of sp³-hybridized carbons (Fsp3) is 0.355. The normalized spacial score (nSPS) is 14.7. The number of aromatic nitrogens is 2. The zero-order chi connectivity index (χ0) is 28.2. The van der Waals surface area contributed by atoms with Crippen molar-refractivity contribution in [3.05, 3.63) is 81.9 Å². The number of methoxy groups -OCH3 is 2. The highest BCUT2D eigenvalue weighted by molar-refractivity contribution is 7.09. The van der Waals surface area contributed by atoms with Crippen LogP contribution in [-0.4, -0.2) is 72.0 Å². The van der Waals surface area contributed by atoms with Crippen LogP contribution in [0.5, 0.6) is 11.5 Å². The van der Waals surface area contributed by atoms with Gasteiger partial charge in [0.1, 0.15) is 22.9 Å². The second-order valence-corrected chi connectivity index (χ2v) is 11.0. The lowest BCUT2D eigenvalue weighted by molar-refractivity contribution is 0.0706. The third-order valence-electron chi connectivity index (χ3n) is 7.68. The van der Waals surface area contributed by atoms with Crippen LogP contribution in [0.25, 0.3) is 10.9 Å². The predicted octanol–water partition coefficient (Wildman–Crippen LogP) is 5.43. The Morgan fingerprint density at radius 3 is 2.45 bits per heavy atom. The van der Waals surface area contributed by atoms with Crippen molar-refractivity contribution in [3.63, 3.8) is 0 Å². The number of hydrogen-bond donors (Lipinski definition) is 0. The van der Waals surface area contributed by atoms with Crippen LogP contribution in [0.4, 0.5) is 0 Å². The maximum atomic E-state index is 13.3. The summed E-state index contributed by atoms with van der Waals surface area (Å²) in [6.45, 7) is 3.25. The Kier molecular flexibility index (Phi) is 8.30. The largest absolute Gasteiger partial charge is 0.496 e. The number of nitrogens with zero attached hydrogens (tertiary/aromatic N) is 4. The molecule has 40 heavy (non-hydrogen) atoms. The summed E-state index contributed by atoms with van der Waals surface area (Å²) in [5.74, 6) is 1.50. The Balaban J connectivity index is 1.20. The number of pyridine rings is 1. The van der Waals surface area contributed by atoms with Crippen molar-refractivity contribution in [2.75, 3.05) is 34.4 Å². The summed E-state index contributed by atoms with van der Waals surface area (Å²) < 4.78 is 11.0. The summed E-state index contributed by atoms with van der Waals surface area (Å²) in [4.78, 5) is 39.5. The van der Waals surface area contributed by atoms with Gasteiger partial charge in [-0.3, -0.25) is 9.59 Å². The van der Waals surface area contributed by atoms with Crippen molar-refractivity contribution >= 4 is 34.1 Å². The zero-order valence-corrected chi connectivity index (χ0v) is 24.1. The number of para-hydroxylation sites is 2. The fourth-order valence-electron chi connectivity index (χ4n) is 5.19. The molecule has 208 valence electrons. The maximum Gasteiger partial charge on any atom is 0.273 e. The van der Waals surface area contributed by atoms with Crippen molar-refractivity contribution in [1.82, 2.24) is 19.8 Å². The molecule has 2 amide bonds. The molecular formula is C31H34N4O4S. The number of ether oxygens (including phenoxy) is 2. The number of likely N-dealkylation sites (tertiary alicyclic amines) is 1. The summed E-state index contributed by atoms with van der Waals surface area (Å²) >= 11 is 1.52. The van der Waals surface area contributed by atoms with Crippen LogP contribution in [0.15, 0.2) is 60.0 Å². The van der Waals surface area contributed by atoms with Gasteiger partial charge in [0.25, 0.3) is 11.8 Å². The Morgan fingerprint density at radius 2 is 1.70 bits per heavy atom. The van der Waals surface area contributed by atoms with Gasteiger partial charge in [0.05, 0.1) is 24.7 Å². The highest BCUT2D eigenvalue weighted by atomic mass is 32.1. The summed E-state index contributed by atoms with van der Waals surface area (Å²) in [7, 11) is 5.09. The van der Waals surface area contributed by atoms with Crippen LogP contribution in [0.1, 0.15) is 57.2 Å². The fourth-order valence-corrected chi connectivity index (χ4v) is 6.16. The minimum atomic E-state index is -0.0943. The van der Waals surface area contributed by atoms with Crippen LogP contribution < -0.4 is 9.47 Å². The number of likely N-dealkylation sites (N-methyl/N-ethyl adjacent to an activating group) is 1. The Morgan fingerprint density at radius 1 is 1.00 bits per heavy atom. The first-order chi connectivity index (χ1) is 19.4. The number of amides is 2. The molecule has 9 heteroatoms. The lowest BCUT2D eigenvalue weighted by Gasteiger charge is -2.31. The van der Waals surface area contributed by atoms with E-state index < -0.39 is 0 Å². The molecule has 1 unspecified atom stereocenters. The van der Waals surface area contributed by atoms with E-state index in [1.54, 1.807) is 25.2 Å². The van der Waals surface area contributed by atoms with E-state index >= 15 is 0 Å². The topological polar surface area (TPSA) is 84.9 Å². The number of benzene rings is 2. The van der Waals surface area contributed by atoms with E-state index in [4.69, 9.17) is 14.5 Å². The van der Waals surface area contributed by atoms with Gasteiger partial charge in [0.15, 0.2) is 0 Å². The predicted molar refractivity (Wildman–Crippen MR) is 157 cm³/mol. The first kappa shape index (κ1) is 27.6. The molecule has 1 aliphatic heterocycles. The lowest BCUT2D eigenvalue weighted by atomic mass is 9.97. The Bertz CT molecular complexity index is 1510. The van der Waals surface area contributed by atoms with Crippen molar-refractivity contribution < 1.29 is 19.1 Å². The molecule has 2 aromatic heterocycles. The molecule has 0 N–H and O–H groups in total. The van der Waals surface area contributed by atoms with Crippen LogP contribution in [0.2, 0.25) is 0 Å². The summed E-state index contributed by atoms with van der Waals surface area (Å²) in [5.41, 5.74) is 2.67. The molecule has 1 atom stereocenters. The molecule has 1 saturated heterocycles. The second kappa shape index (κ2) is 12.0. The van der Waals surface area contributed by atoms with Gasteiger partial charge in [-0.15, -0.1) is 11.3 Å². The summed E-state index contributed by atoms with van der Waals surface area (Å²) in [6, 6.07) is 17.2. The molecule has 4 aromatic rings. The molecule has 1 aliphatic rings. The van der Waals surface area contributed by atoms with Gasteiger partial charge in [-0.2, -0.15) is 0 Å². The van der Waals surface area contributed by atoms with Gasteiger partial charge in [0, 0.05) is 48.9 Å². The molecule has 0 saturated carbocycles. The molecular weight excluding hydrogens is 524 g/mol. The molecule has 3 heterocycles. The second-order valence-electron chi connectivity index (χ2n) is 10.1. The average Bonchev–Trinajstić information content (AvgIpc) is 3.50. The molecule has 0 radical (unpaired) electrons. The smallest absolute Gasteiger partial charge is 0.273 e. The van der Waals surface area contributed by atoms with E-state index in [2.05, 4.69) is 4.98 Å². The van der Waals surface area contributed by atoms with Crippen LogP contribution >= 0.6 is 11.3 Å². The number of thiazole rings is 1. The van der Waals surface area contributed by atoms with E-state index in [0.29, 0.717) is 36.6 Å². The van der Waals surface area contributed by atoms with Gasteiger partial charge < -0.3 is 19.3 Å². The third kappa shape index (κ3) is 5.65. The van der Waals surface area contributed by atoms with Gasteiger partial charge >= 0.3 is 0 Å². The Labute approximate surface area is 238 Å². The van der Waals surface area contributed by atoms with Crippen LogP contribution in [-0.2, 0) is 6.42 Å². The number of carbonyl (C=O) groups is 2. The molecule has 2 aromatic carbocycles. The van der Waals surface area contributed by atoms with E-state index in [1.165, 1.54) is 11.3 Å². The minimum Gasteiger partial charge on any atom is -0.496 e. The summed E-state index contributed by atoms with van der Waals surface area (Å²) in [5, 5.41) is 3.69. The lowest BCUT2D eigenvalue weighted by Crippen LogP contribution is -2.38. The van der Waals surface area contributed by atoms with Gasteiger partial charge in [-0.25, -0.2) is 9.97 Å². The molecule has 8 nitrogen and oxygen atoms in total. The number of rotatable bonds is 8. The molecule has 5 rings (SSSR count). The number of carbonyl (C=O) groups excluding carboxylic acids is 2. The van der Waals surface area contributed by atoms with Crippen molar-refractivity contribution in [2.24, 2.45) is 0 Å². The molecule has 0 bridgehead atoms. The van der Waals surface area contributed by atoms with Crippen molar-refractivity contribution in [2.45, 2.75) is 38.1 Å². The molecule has 0 aliphatic carbocycles.